The number of aromatic nitrogens is 1. The van der Waals surface area contributed by atoms with Crippen LogP contribution in [0.15, 0.2) is 48.5 Å². The van der Waals surface area contributed by atoms with Crippen molar-refractivity contribution in [1.82, 2.24) is 4.98 Å². The first-order chi connectivity index (χ1) is 11.5. The molecule has 0 saturated carbocycles. The van der Waals surface area contributed by atoms with Gasteiger partial charge in [-0.3, -0.25) is 0 Å². The van der Waals surface area contributed by atoms with Crippen LogP contribution < -0.4 is 5.73 Å². The molecule has 0 aliphatic heterocycles. The molecule has 4 heteroatoms. The first kappa shape index (κ1) is 15.7. The zero-order valence-corrected chi connectivity index (χ0v) is 13.5. The molecule has 2 aromatic carbocycles. The minimum absolute atomic E-state index is 0.106. The first-order valence-corrected chi connectivity index (χ1v) is 7.54. The number of rotatable bonds is 2. The van der Waals surface area contributed by atoms with Crippen LogP contribution in [0.5, 0.6) is 0 Å². The lowest BCUT2D eigenvalue weighted by atomic mass is 9.96. The van der Waals surface area contributed by atoms with Crippen molar-refractivity contribution in [2.24, 2.45) is 0 Å². The third kappa shape index (κ3) is 2.72. The molecule has 2 N–H and O–H groups in total. The largest absolute Gasteiger partial charge is 0.383 e. The van der Waals surface area contributed by atoms with Crippen molar-refractivity contribution >= 4 is 5.82 Å². The molecular weight excluding hydrogens is 301 g/mol. The Kier molecular flexibility index (Phi) is 4.01. The normalized spacial score (nSPS) is 10.4. The van der Waals surface area contributed by atoms with Gasteiger partial charge in [-0.1, -0.05) is 35.9 Å². The highest BCUT2D eigenvalue weighted by Crippen LogP contribution is 2.33. The number of anilines is 1. The van der Waals surface area contributed by atoms with Gasteiger partial charge >= 0.3 is 0 Å². The van der Waals surface area contributed by atoms with Crippen molar-refractivity contribution in [3.8, 4) is 28.5 Å². The number of nitrogens with two attached hydrogens (primary N) is 1. The van der Waals surface area contributed by atoms with E-state index in [4.69, 9.17) is 5.73 Å². The second-order valence-corrected chi connectivity index (χ2v) is 5.73. The van der Waals surface area contributed by atoms with Crippen LogP contribution in [0.2, 0.25) is 0 Å². The number of nitriles is 1. The van der Waals surface area contributed by atoms with Crippen LogP contribution in [0.1, 0.15) is 16.7 Å². The monoisotopic (exact) mass is 317 g/mol. The molecule has 0 atom stereocenters. The second kappa shape index (κ2) is 6.13. The summed E-state index contributed by atoms with van der Waals surface area (Å²) in [6.07, 6.45) is 0. The molecule has 3 rings (SSSR count). The van der Waals surface area contributed by atoms with Gasteiger partial charge in [-0.2, -0.15) is 5.26 Å². The van der Waals surface area contributed by atoms with Gasteiger partial charge in [0.1, 0.15) is 23.3 Å². The molecule has 1 heterocycles. The van der Waals surface area contributed by atoms with Crippen LogP contribution in [-0.4, -0.2) is 4.98 Å². The summed E-state index contributed by atoms with van der Waals surface area (Å²) in [4.78, 5) is 4.36. The fourth-order valence-electron chi connectivity index (χ4n) is 2.72. The summed E-state index contributed by atoms with van der Waals surface area (Å²) in [6, 6.07) is 16.1. The van der Waals surface area contributed by atoms with E-state index in [-0.39, 0.29) is 11.4 Å². The maximum absolute atomic E-state index is 14.2. The van der Waals surface area contributed by atoms with Crippen molar-refractivity contribution in [3.05, 3.63) is 71.0 Å². The Morgan fingerprint density at radius 1 is 1.00 bits per heavy atom. The van der Waals surface area contributed by atoms with Crippen molar-refractivity contribution < 1.29 is 4.39 Å². The third-order valence-electron chi connectivity index (χ3n) is 3.99. The summed E-state index contributed by atoms with van der Waals surface area (Å²) >= 11 is 0. The number of nitrogen functional groups attached to an aromatic ring is 1. The summed E-state index contributed by atoms with van der Waals surface area (Å²) in [6.45, 7) is 3.97. The van der Waals surface area contributed by atoms with Crippen molar-refractivity contribution in [2.75, 3.05) is 5.73 Å². The third-order valence-corrected chi connectivity index (χ3v) is 3.99. The highest BCUT2D eigenvalue weighted by atomic mass is 19.1. The second-order valence-electron chi connectivity index (χ2n) is 5.73. The molecule has 24 heavy (non-hydrogen) atoms. The van der Waals surface area contributed by atoms with E-state index in [1.54, 1.807) is 24.3 Å². The van der Waals surface area contributed by atoms with Crippen LogP contribution in [0.3, 0.4) is 0 Å². The highest BCUT2D eigenvalue weighted by Gasteiger charge is 2.16. The first-order valence-electron chi connectivity index (χ1n) is 7.54. The van der Waals surface area contributed by atoms with E-state index in [2.05, 4.69) is 4.98 Å². The predicted molar refractivity (Wildman–Crippen MR) is 93.7 cm³/mol. The number of aryl methyl sites for hydroxylation is 2. The smallest absolute Gasteiger partial charge is 0.142 e. The quantitative estimate of drug-likeness (QED) is 0.750. The molecule has 0 aliphatic rings. The number of hydrogen-bond acceptors (Lipinski definition) is 3. The van der Waals surface area contributed by atoms with Crippen molar-refractivity contribution in [2.45, 2.75) is 13.8 Å². The Labute approximate surface area is 140 Å². The minimum Gasteiger partial charge on any atom is -0.383 e. The fourth-order valence-corrected chi connectivity index (χ4v) is 2.72. The van der Waals surface area contributed by atoms with Crippen LogP contribution in [0.25, 0.3) is 22.4 Å². The maximum Gasteiger partial charge on any atom is 0.142 e. The van der Waals surface area contributed by atoms with Gasteiger partial charge in [-0.05, 0) is 37.6 Å². The van der Waals surface area contributed by atoms with E-state index in [1.807, 2.05) is 38.1 Å². The lowest BCUT2D eigenvalue weighted by Gasteiger charge is -2.12. The molecule has 3 nitrogen and oxygen atoms in total. The Morgan fingerprint density at radius 2 is 1.75 bits per heavy atom. The van der Waals surface area contributed by atoms with E-state index in [1.165, 1.54) is 6.07 Å². The molecule has 0 bridgehead atoms. The lowest BCUT2D eigenvalue weighted by molar-refractivity contribution is 0.631. The molecule has 0 saturated heterocycles. The van der Waals surface area contributed by atoms with Crippen molar-refractivity contribution in [3.63, 3.8) is 0 Å². The minimum atomic E-state index is -0.397. The van der Waals surface area contributed by atoms with E-state index >= 15 is 0 Å². The van der Waals surface area contributed by atoms with Gasteiger partial charge < -0.3 is 5.73 Å². The molecule has 0 radical (unpaired) electrons. The van der Waals surface area contributed by atoms with Gasteiger partial charge in [-0.25, -0.2) is 9.37 Å². The topological polar surface area (TPSA) is 62.7 Å². The maximum atomic E-state index is 14.2. The average molecular weight is 317 g/mol. The van der Waals surface area contributed by atoms with E-state index in [0.717, 1.165) is 16.7 Å². The lowest BCUT2D eigenvalue weighted by Crippen LogP contribution is -2.01. The summed E-state index contributed by atoms with van der Waals surface area (Å²) in [5.74, 6) is -0.291. The standard InChI is InChI=1S/C20H16FN3/c1-12-7-8-13(2)15(9-12)19-10-16(17(11-22)20(23)24-19)14-5-3-4-6-18(14)21/h3-10H,1-2H3,(H2,23,24). The molecule has 0 spiro atoms. The highest BCUT2D eigenvalue weighted by molar-refractivity contribution is 5.81. The van der Waals surface area contributed by atoms with E-state index in [0.29, 0.717) is 16.8 Å². The Balaban J connectivity index is 2.31. The number of hydrogen-bond donors (Lipinski definition) is 1. The van der Waals surface area contributed by atoms with Gasteiger partial charge in [0.05, 0.1) is 5.69 Å². The average Bonchev–Trinajstić information content (AvgIpc) is 2.57. The summed E-state index contributed by atoms with van der Waals surface area (Å²) in [5, 5.41) is 9.42. The molecule has 3 aromatic rings. The number of benzene rings is 2. The number of nitrogens with zero attached hydrogens (tertiary/aromatic N) is 2. The van der Waals surface area contributed by atoms with Gasteiger partial charge in [-0.15, -0.1) is 0 Å². The van der Waals surface area contributed by atoms with E-state index < -0.39 is 5.82 Å². The van der Waals surface area contributed by atoms with Crippen molar-refractivity contribution in [1.29, 1.82) is 5.26 Å². The Hall–Kier alpha value is -3.19. The van der Waals surface area contributed by atoms with Crippen LogP contribution in [0.4, 0.5) is 10.2 Å². The molecule has 0 aliphatic carbocycles. The van der Waals surface area contributed by atoms with E-state index in [9.17, 15) is 9.65 Å². The zero-order chi connectivity index (χ0) is 17.3. The molecule has 0 unspecified atom stereocenters. The Bertz CT molecular complexity index is 971. The van der Waals surface area contributed by atoms with Crippen LogP contribution in [0, 0.1) is 31.0 Å². The molecule has 118 valence electrons. The summed E-state index contributed by atoms with van der Waals surface area (Å²) < 4.78 is 14.2. The molecule has 1 aromatic heterocycles. The van der Waals surface area contributed by atoms with Gasteiger partial charge in [0.25, 0.3) is 0 Å². The fraction of sp³-hybridized carbons (Fsp3) is 0.100. The predicted octanol–water partition coefficient (Wildman–Crippen LogP) is 4.63. The summed E-state index contributed by atoms with van der Waals surface area (Å²) in [7, 11) is 0. The Morgan fingerprint density at radius 3 is 2.46 bits per heavy atom. The number of halogens is 1. The zero-order valence-electron chi connectivity index (χ0n) is 13.5. The van der Waals surface area contributed by atoms with Gasteiger partial charge in [0.15, 0.2) is 0 Å². The van der Waals surface area contributed by atoms with Gasteiger partial charge in [0.2, 0.25) is 0 Å². The molecule has 0 fully saturated rings. The molecule has 0 amide bonds. The van der Waals surface area contributed by atoms with Crippen LogP contribution >= 0.6 is 0 Å². The van der Waals surface area contributed by atoms with Gasteiger partial charge in [0, 0.05) is 16.7 Å². The SMILES string of the molecule is Cc1ccc(C)c(-c2cc(-c3ccccc3F)c(C#N)c(N)n2)c1. The summed E-state index contributed by atoms with van der Waals surface area (Å²) in [5.41, 5.74) is 10.7. The van der Waals surface area contributed by atoms with Crippen LogP contribution in [-0.2, 0) is 0 Å². The number of pyridine rings is 1. The molecular formula is C20H16FN3.